The van der Waals surface area contributed by atoms with Gasteiger partial charge in [-0.2, -0.15) is 0 Å². The van der Waals surface area contributed by atoms with Crippen LogP contribution in [0.5, 0.6) is 0 Å². The summed E-state index contributed by atoms with van der Waals surface area (Å²) in [5.74, 6) is -67.7. The van der Waals surface area contributed by atoms with Crippen molar-refractivity contribution in [3.8, 4) is 0 Å². The molecule has 46 heavy (non-hydrogen) atoms. The zero-order valence-electron chi connectivity index (χ0n) is 20.8. The lowest BCUT2D eigenvalue weighted by Crippen LogP contribution is -2.50. The van der Waals surface area contributed by atoms with Crippen LogP contribution in [0.25, 0.3) is 0 Å². The van der Waals surface area contributed by atoms with Gasteiger partial charge in [-0.15, -0.1) is 0 Å². The molecule has 0 spiro atoms. The van der Waals surface area contributed by atoms with Crippen molar-refractivity contribution in [3.05, 3.63) is 133 Å². The summed E-state index contributed by atoms with van der Waals surface area (Å²) in [6, 6.07) is 0. The van der Waals surface area contributed by atoms with Crippen LogP contribution in [0, 0.1) is 116 Å². The van der Waals surface area contributed by atoms with E-state index in [0.29, 0.717) is 0 Å². The monoisotopic (exact) mass is 692 g/mol. The van der Waals surface area contributed by atoms with E-state index in [0.717, 1.165) is 0 Å². The number of hydrogen-bond donors (Lipinski definition) is 0. The first-order chi connectivity index (χ1) is 21.2. The van der Waals surface area contributed by atoms with Crippen LogP contribution in [-0.4, -0.2) is 7.28 Å². The molecule has 0 aromatic heterocycles. The fourth-order valence-electron chi connectivity index (χ4n) is 4.65. The Balaban J connectivity index is 2.54. The summed E-state index contributed by atoms with van der Waals surface area (Å²) in [6.07, 6.45) is 0. The standard InChI is InChI=1S/C25HBF20/c27-5-1(6(28)14(36)21(43)13(5)35)25(2-7(29)15(37)22(44)16(38)8(2)30,3-9(31)17(39)23(45)18(40)10(3)32)26-4-11(33)19(41)24(46)20(42)12(4)34/h26H. The molecule has 0 atom stereocenters. The van der Waals surface area contributed by atoms with Gasteiger partial charge < -0.3 is 0 Å². The van der Waals surface area contributed by atoms with Crippen LogP contribution in [0.15, 0.2) is 0 Å². The Morgan fingerprint density at radius 1 is 0.217 bits per heavy atom. The third-order valence-corrected chi connectivity index (χ3v) is 6.65. The van der Waals surface area contributed by atoms with Gasteiger partial charge in [0.2, 0.25) is 17.5 Å². The van der Waals surface area contributed by atoms with E-state index in [9.17, 15) is 61.5 Å². The van der Waals surface area contributed by atoms with E-state index in [1.807, 2.05) is 0 Å². The van der Waals surface area contributed by atoms with Crippen LogP contribution in [0.3, 0.4) is 0 Å². The molecule has 21 heteroatoms. The van der Waals surface area contributed by atoms with E-state index < -0.39 is 151 Å². The summed E-state index contributed by atoms with van der Waals surface area (Å²) in [5.41, 5.74) is -12.9. The summed E-state index contributed by atoms with van der Waals surface area (Å²) >= 11 is 0. The molecular weight excluding hydrogens is 691 g/mol. The number of hydrogen-bond acceptors (Lipinski definition) is 0. The maximum atomic E-state index is 15.4. The van der Waals surface area contributed by atoms with Gasteiger partial charge in [0.15, 0.2) is 106 Å². The Labute approximate surface area is 239 Å². The molecule has 0 nitrogen and oxygen atoms in total. The maximum absolute atomic E-state index is 15.4. The second kappa shape index (κ2) is 11.4. The van der Waals surface area contributed by atoms with Crippen molar-refractivity contribution < 1.29 is 87.8 Å². The maximum Gasteiger partial charge on any atom is 0.200 e. The van der Waals surface area contributed by atoms with Crippen LogP contribution in [0.4, 0.5) is 87.8 Å². The molecule has 0 fully saturated rings. The molecule has 4 aromatic rings. The van der Waals surface area contributed by atoms with E-state index in [-0.39, 0.29) is 0 Å². The molecule has 0 aliphatic heterocycles. The van der Waals surface area contributed by atoms with Crippen molar-refractivity contribution in [2.45, 2.75) is 5.31 Å². The highest BCUT2D eigenvalue weighted by Gasteiger charge is 2.55. The fraction of sp³-hybridized carbons (Fsp3) is 0.0400. The third-order valence-electron chi connectivity index (χ3n) is 6.65. The number of halogens is 20. The smallest absolute Gasteiger partial charge is 0.200 e. The summed E-state index contributed by atoms with van der Waals surface area (Å²) in [7, 11) is -3.27. The van der Waals surface area contributed by atoms with Crippen LogP contribution in [0.1, 0.15) is 16.7 Å². The van der Waals surface area contributed by atoms with Gasteiger partial charge in [-0.05, 0) is 5.46 Å². The fourth-order valence-corrected chi connectivity index (χ4v) is 4.65. The zero-order valence-corrected chi connectivity index (χ0v) is 20.8. The van der Waals surface area contributed by atoms with Crippen molar-refractivity contribution in [1.29, 1.82) is 0 Å². The van der Waals surface area contributed by atoms with Crippen LogP contribution < -0.4 is 5.46 Å². The van der Waals surface area contributed by atoms with Gasteiger partial charge in [0.1, 0.15) is 0 Å². The summed E-state index contributed by atoms with van der Waals surface area (Å²) in [6.45, 7) is 0. The Bertz CT molecular complexity index is 1700. The van der Waals surface area contributed by atoms with Gasteiger partial charge in [0, 0.05) is 22.0 Å². The van der Waals surface area contributed by atoms with Crippen LogP contribution in [-0.2, 0) is 5.31 Å². The first-order valence-corrected chi connectivity index (χ1v) is 11.2. The molecule has 0 N–H and O–H groups in total. The summed E-state index contributed by atoms with van der Waals surface area (Å²) < 4.78 is 292. The minimum atomic E-state index is -5.52. The second-order valence-electron chi connectivity index (χ2n) is 8.97. The Hall–Kier alpha value is -4.46. The van der Waals surface area contributed by atoms with Gasteiger partial charge in [-0.3, -0.25) is 0 Å². The number of rotatable bonds is 5. The highest BCUT2D eigenvalue weighted by atomic mass is 19.2. The van der Waals surface area contributed by atoms with E-state index in [1.165, 1.54) is 0 Å². The average Bonchev–Trinajstić information content (AvgIpc) is 3.02. The molecule has 4 rings (SSSR count). The first-order valence-electron chi connectivity index (χ1n) is 11.2. The number of benzene rings is 4. The van der Waals surface area contributed by atoms with Crippen molar-refractivity contribution in [2.24, 2.45) is 0 Å². The second-order valence-corrected chi connectivity index (χ2v) is 8.97. The van der Waals surface area contributed by atoms with Crippen molar-refractivity contribution in [3.63, 3.8) is 0 Å². The molecule has 0 amide bonds. The van der Waals surface area contributed by atoms with Crippen LogP contribution >= 0.6 is 0 Å². The highest BCUT2D eigenvalue weighted by Crippen LogP contribution is 2.48. The molecule has 0 aliphatic carbocycles. The lowest BCUT2D eigenvalue weighted by molar-refractivity contribution is 0.339. The first kappa shape index (κ1) is 34.4. The molecular formula is C25HBF20. The largest absolute Gasteiger partial charge is 0.204 e. The molecule has 0 heterocycles. The third kappa shape index (κ3) is 4.48. The minimum Gasteiger partial charge on any atom is -0.204 e. The van der Waals surface area contributed by atoms with Crippen molar-refractivity contribution in [2.75, 3.05) is 0 Å². The van der Waals surface area contributed by atoms with E-state index in [2.05, 4.69) is 0 Å². The molecule has 0 saturated carbocycles. The predicted molar refractivity (Wildman–Crippen MR) is 112 cm³/mol. The molecule has 0 aliphatic rings. The minimum absolute atomic E-state index is 2.83. The molecule has 0 unspecified atom stereocenters. The Morgan fingerprint density at radius 3 is 0.565 bits per heavy atom. The zero-order chi connectivity index (χ0) is 35.1. The molecule has 244 valence electrons. The Kier molecular flexibility index (Phi) is 8.54. The molecule has 0 bridgehead atoms. The Morgan fingerprint density at radius 2 is 0.370 bits per heavy atom. The molecule has 0 radical (unpaired) electrons. The van der Waals surface area contributed by atoms with E-state index >= 15 is 26.3 Å². The quantitative estimate of drug-likeness (QED) is 0.0668. The van der Waals surface area contributed by atoms with Gasteiger partial charge >= 0.3 is 0 Å². The topological polar surface area (TPSA) is 0 Å². The van der Waals surface area contributed by atoms with Crippen LogP contribution in [0.2, 0.25) is 0 Å². The lowest BCUT2D eigenvalue weighted by atomic mass is 9.40. The van der Waals surface area contributed by atoms with Gasteiger partial charge in [-0.25, -0.2) is 87.8 Å². The molecule has 4 aromatic carbocycles. The SMILES string of the molecule is Fc1c(F)c(F)c(BC(c2c(F)c(F)c(F)c(F)c2F)(c2c(F)c(F)c(F)c(F)c2F)c2c(F)c(F)c(F)c(F)c2F)c(F)c1F. The van der Waals surface area contributed by atoms with Gasteiger partial charge in [0.25, 0.3) is 0 Å². The van der Waals surface area contributed by atoms with Gasteiger partial charge in [0.05, 0.1) is 0 Å². The summed E-state index contributed by atoms with van der Waals surface area (Å²) in [4.78, 5) is 0. The van der Waals surface area contributed by atoms with Crippen molar-refractivity contribution in [1.82, 2.24) is 0 Å². The van der Waals surface area contributed by atoms with Crippen molar-refractivity contribution >= 4 is 12.7 Å². The predicted octanol–water partition coefficient (Wildman–Crippen LogP) is 7.52. The summed E-state index contributed by atoms with van der Waals surface area (Å²) in [5, 5.41) is -5.52. The van der Waals surface area contributed by atoms with Gasteiger partial charge in [-0.1, -0.05) is 0 Å². The lowest BCUT2D eigenvalue weighted by Gasteiger charge is -2.37. The van der Waals surface area contributed by atoms with E-state index in [1.54, 1.807) is 0 Å². The molecule has 0 saturated heterocycles. The highest BCUT2D eigenvalue weighted by molar-refractivity contribution is 6.59. The van der Waals surface area contributed by atoms with E-state index in [4.69, 9.17) is 0 Å². The average molecular weight is 692 g/mol. The normalized spacial score (nSPS) is 11.9.